The zero-order valence-corrected chi connectivity index (χ0v) is 11.7. The average Bonchev–Trinajstić information content (AvgIpc) is 2.44. The van der Waals surface area contributed by atoms with E-state index < -0.39 is 5.63 Å². The van der Waals surface area contributed by atoms with Crippen LogP contribution >= 0.6 is 0 Å². The van der Waals surface area contributed by atoms with Gasteiger partial charge in [0.05, 0.1) is 0 Å². The first-order valence-corrected chi connectivity index (χ1v) is 6.54. The zero-order valence-electron chi connectivity index (χ0n) is 11.7. The average molecular weight is 270 g/mol. The van der Waals surface area contributed by atoms with E-state index in [1.807, 2.05) is 13.8 Å². The number of rotatable bonds is 4. The van der Waals surface area contributed by atoms with E-state index in [2.05, 4.69) is 13.2 Å². The molecule has 0 saturated carbocycles. The number of hydrogen-bond donors (Lipinski definition) is 1. The third kappa shape index (κ3) is 2.27. The smallest absolute Gasteiger partial charge is 0.336 e. The van der Waals surface area contributed by atoms with Gasteiger partial charge in [0, 0.05) is 22.9 Å². The Morgan fingerprint density at radius 2 is 1.85 bits per heavy atom. The Morgan fingerprint density at radius 3 is 2.45 bits per heavy atom. The molecule has 0 aliphatic rings. The first kappa shape index (κ1) is 14.1. The highest BCUT2D eigenvalue weighted by atomic mass is 16.4. The third-order valence-corrected chi connectivity index (χ3v) is 3.61. The van der Waals surface area contributed by atoms with E-state index in [4.69, 9.17) is 4.42 Å². The lowest BCUT2D eigenvalue weighted by Crippen LogP contribution is -2.04. The van der Waals surface area contributed by atoms with Crippen LogP contribution < -0.4 is 5.63 Å². The summed E-state index contributed by atoms with van der Waals surface area (Å²) < 4.78 is 5.33. The standard InChI is InChI=1S/C17H18O3/c1-5-10(3)13-9-15(19)20-17-12(13)7-8-14(18)16(17)11(4)6-2/h5-11,18H,1-2H2,3-4H3. The third-order valence-electron chi connectivity index (χ3n) is 3.61. The molecular weight excluding hydrogens is 252 g/mol. The second kappa shape index (κ2) is 5.37. The van der Waals surface area contributed by atoms with Crippen molar-refractivity contribution in [2.45, 2.75) is 25.7 Å². The number of allylic oxidation sites excluding steroid dienone is 2. The summed E-state index contributed by atoms with van der Waals surface area (Å²) in [5.74, 6) is 0.0191. The van der Waals surface area contributed by atoms with Crippen LogP contribution in [0.4, 0.5) is 0 Å². The molecule has 2 atom stereocenters. The molecule has 1 heterocycles. The molecule has 0 spiro atoms. The molecule has 20 heavy (non-hydrogen) atoms. The molecule has 1 aromatic carbocycles. The molecule has 1 aromatic heterocycles. The fourth-order valence-electron chi connectivity index (χ4n) is 2.32. The van der Waals surface area contributed by atoms with Gasteiger partial charge in [0.25, 0.3) is 0 Å². The Morgan fingerprint density at radius 1 is 1.20 bits per heavy atom. The van der Waals surface area contributed by atoms with Gasteiger partial charge in [0.2, 0.25) is 0 Å². The topological polar surface area (TPSA) is 50.4 Å². The Kier molecular flexibility index (Phi) is 3.79. The summed E-state index contributed by atoms with van der Waals surface area (Å²) in [5, 5.41) is 10.9. The van der Waals surface area contributed by atoms with Gasteiger partial charge < -0.3 is 9.52 Å². The van der Waals surface area contributed by atoms with Crippen LogP contribution in [0.25, 0.3) is 11.0 Å². The van der Waals surface area contributed by atoms with Crippen molar-refractivity contribution >= 4 is 11.0 Å². The fraction of sp³-hybridized carbons (Fsp3) is 0.235. The van der Waals surface area contributed by atoms with Crippen molar-refractivity contribution in [2.24, 2.45) is 0 Å². The van der Waals surface area contributed by atoms with Gasteiger partial charge in [0.1, 0.15) is 11.3 Å². The highest BCUT2D eigenvalue weighted by Crippen LogP contribution is 2.36. The van der Waals surface area contributed by atoms with Crippen LogP contribution in [0.15, 0.2) is 52.7 Å². The highest BCUT2D eigenvalue weighted by Gasteiger charge is 2.18. The summed E-state index contributed by atoms with van der Waals surface area (Å²) in [4.78, 5) is 11.8. The minimum absolute atomic E-state index is 0.0260. The van der Waals surface area contributed by atoms with Crippen molar-refractivity contribution in [1.29, 1.82) is 0 Å². The van der Waals surface area contributed by atoms with Gasteiger partial charge >= 0.3 is 5.63 Å². The molecular formula is C17H18O3. The molecule has 1 N–H and O–H groups in total. The van der Waals surface area contributed by atoms with Crippen molar-refractivity contribution in [3.63, 3.8) is 0 Å². The number of phenols is 1. The number of hydrogen-bond acceptors (Lipinski definition) is 3. The van der Waals surface area contributed by atoms with Crippen LogP contribution in [-0.4, -0.2) is 5.11 Å². The van der Waals surface area contributed by atoms with Gasteiger partial charge in [-0.3, -0.25) is 0 Å². The predicted molar refractivity (Wildman–Crippen MR) is 81.4 cm³/mol. The quantitative estimate of drug-likeness (QED) is 0.672. The molecule has 104 valence electrons. The number of benzene rings is 1. The van der Waals surface area contributed by atoms with E-state index in [9.17, 15) is 9.90 Å². The van der Waals surface area contributed by atoms with E-state index in [1.54, 1.807) is 24.3 Å². The molecule has 3 heteroatoms. The van der Waals surface area contributed by atoms with E-state index in [-0.39, 0.29) is 17.6 Å². The Labute approximate surface area is 117 Å². The van der Waals surface area contributed by atoms with Crippen molar-refractivity contribution in [3.05, 3.63) is 65.1 Å². The van der Waals surface area contributed by atoms with Crippen molar-refractivity contribution in [3.8, 4) is 5.75 Å². The molecule has 0 radical (unpaired) electrons. The molecule has 2 rings (SSSR count). The van der Waals surface area contributed by atoms with Crippen LogP contribution in [0, 0.1) is 0 Å². The highest BCUT2D eigenvalue weighted by molar-refractivity contribution is 5.86. The molecule has 0 aliphatic heterocycles. The Balaban J connectivity index is 2.92. The van der Waals surface area contributed by atoms with Crippen molar-refractivity contribution in [2.75, 3.05) is 0 Å². The van der Waals surface area contributed by atoms with Gasteiger partial charge in [0.15, 0.2) is 0 Å². The van der Waals surface area contributed by atoms with Gasteiger partial charge in [-0.15, -0.1) is 13.2 Å². The molecule has 0 fully saturated rings. The van der Waals surface area contributed by atoms with Crippen LogP contribution in [0.1, 0.15) is 36.8 Å². The van der Waals surface area contributed by atoms with Gasteiger partial charge in [-0.05, 0) is 23.6 Å². The predicted octanol–water partition coefficient (Wildman–Crippen LogP) is 4.08. The Hall–Kier alpha value is -2.29. The largest absolute Gasteiger partial charge is 0.508 e. The SMILES string of the molecule is C=CC(C)c1cc(=O)oc2c(C(C)C=C)c(O)ccc12. The van der Waals surface area contributed by atoms with Crippen LogP contribution in [0.5, 0.6) is 5.75 Å². The zero-order chi connectivity index (χ0) is 14.9. The molecule has 0 aliphatic carbocycles. The minimum Gasteiger partial charge on any atom is -0.508 e. The normalized spacial score (nSPS) is 13.9. The van der Waals surface area contributed by atoms with Crippen LogP contribution in [0.2, 0.25) is 0 Å². The van der Waals surface area contributed by atoms with Crippen molar-refractivity contribution in [1.82, 2.24) is 0 Å². The second-order valence-corrected chi connectivity index (χ2v) is 4.94. The van der Waals surface area contributed by atoms with Gasteiger partial charge in [-0.2, -0.15) is 0 Å². The van der Waals surface area contributed by atoms with Gasteiger partial charge in [-0.25, -0.2) is 4.79 Å². The summed E-state index contributed by atoms with van der Waals surface area (Å²) >= 11 is 0. The second-order valence-electron chi connectivity index (χ2n) is 4.94. The summed E-state index contributed by atoms with van der Waals surface area (Å²) in [7, 11) is 0. The summed E-state index contributed by atoms with van der Waals surface area (Å²) in [6, 6.07) is 4.87. The number of phenolic OH excluding ortho intramolecular Hbond substituents is 1. The molecule has 2 unspecified atom stereocenters. The van der Waals surface area contributed by atoms with Crippen LogP contribution in [0.3, 0.4) is 0 Å². The lowest BCUT2D eigenvalue weighted by molar-refractivity contribution is 0.463. The molecule has 2 aromatic rings. The van der Waals surface area contributed by atoms with E-state index >= 15 is 0 Å². The number of aromatic hydroxyl groups is 1. The summed E-state index contributed by atoms with van der Waals surface area (Å²) in [5.41, 5.74) is 1.44. The molecule has 0 amide bonds. The fourth-order valence-corrected chi connectivity index (χ4v) is 2.32. The minimum atomic E-state index is -0.427. The monoisotopic (exact) mass is 270 g/mol. The maximum absolute atomic E-state index is 11.8. The van der Waals surface area contributed by atoms with E-state index in [0.717, 1.165) is 10.9 Å². The summed E-state index contributed by atoms with van der Waals surface area (Å²) in [6.07, 6.45) is 3.48. The van der Waals surface area contributed by atoms with E-state index in [1.165, 1.54) is 6.07 Å². The summed E-state index contributed by atoms with van der Waals surface area (Å²) in [6.45, 7) is 11.4. The molecule has 3 nitrogen and oxygen atoms in total. The van der Waals surface area contributed by atoms with Crippen LogP contribution in [-0.2, 0) is 0 Å². The molecule has 0 bridgehead atoms. The van der Waals surface area contributed by atoms with Crippen molar-refractivity contribution < 1.29 is 9.52 Å². The first-order chi connectivity index (χ1) is 9.49. The first-order valence-electron chi connectivity index (χ1n) is 6.54. The van der Waals surface area contributed by atoms with Gasteiger partial charge in [-0.1, -0.05) is 26.0 Å². The maximum Gasteiger partial charge on any atom is 0.336 e. The van der Waals surface area contributed by atoms with E-state index in [0.29, 0.717) is 11.1 Å². The maximum atomic E-state index is 11.8. The lowest BCUT2D eigenvalue weighted by Gasteiger charge is -2.15. The Bertz CT molecular complexity index is 725. The number of fused-ring (bicyclic) bond motifs is 1. The molecule has 0 saturated heterocycles. The lowest BCUT2D eigenvalue weighted by atomic mass is 9.92.